The standard InChI is InChI=1S/C31H34FN7O4/c1-19(40)30(41)38-12-10-28(25(32)15-38)43-27-9-6-21(13-22(27)14-33)29-34-18-35-31(37-29)36-23-7-4-20(5-8-23)26-3-2-11-39(26)24-16-42-17-24/h4-9,13,18-19,24-26,28,40H,2-3,10-12,15-17H2,1H3,(H,34,35,36,37)/t19?,25-,26?,28+/m1/s1. The number of aliphatic hydroxyl groups excluding tert-OH is 1. The van der Waals surface area contributed by atoms with Crippen LogP contribution in [-0.4, -0.2) is 93.0 Å². The van der Waals surface area contributed by atoms with Crippen molar-refractivity contribution >= 4 is 17.5 Å². The highest BCUT2D eigenvalue weighted by molar-refractivity contribution is 5.80. The van der Waals surface area contributed by atoms with E-state index in [-0.39, 0.29) is 30.8 Å². The number of carbonyl (C=O) groups excluding carboxylic acids is 1. The van der Waals surface area contributed by atoms with Gasteiger partial charge in [-0.15, -0.1) is 0 Å². The van der Waals surface area contributed by atoms with E-state index in [4.69, 9.17) is 9.47 Å². The number of anilines is 2. The Morgan fingerprint density at radius 1 is 1.19 bits per heavy atom. The molecule has 3 saturated heterocycles. The van der Waals surface area contributed by atoms with Crippen LogP contribution in [0.15, 0.2) is 48.8 Å². The lowest BCUT2D eigenvalue weighted by Gasteiger charge is -2.38. The number of nitriles is 1. The minimum atomic E-state index is -1.46. The van der Waals surface area contributed by atoms with E-state index in [1.165, 1.54) is 30.1 Å². The van der Waals surface area contributed by atoms with Gasteiger partial charge in [0.05, 0.1) is 31.4 Å². The molecule has 3 aliphatic rings. The topological polar surface area (TPSA) is 137 Å². The summed E-state index contributed by atoms with van der Waals surface area (Å²) in [6.07, 6.45) is 0.523. The number of amides is 1. The number of alkyl halides is 1. The van der Waals surface area contributed by atoms with Crippen LogP contribution < -0.4 is 10.1 Å². The summed E-state index contributed by atoms with van der Waals surface area (Å²) in [5, 5.41) is 22.5. The monoisotopic (exact) mass is 587 g/mol. The van der Waals surface area contributed by atoms with Crippen LogP contribution in [0.1, 0.15) is 43.4 Å². The maximum Gasteiger partial charge on any atom is 0.251 e. The molecular weight excluding hydrogens is 553 g/mol. The Morgan fingerprint density at radius 2 is 2.00 bits per heavy atom. The predicted molar refractivity (Wildman–Crippen MR) is 155 cm³/mol. The van der Waals surface area contributed by atoms with Gasteiger partial charge in [-0.25, -0.2) is 14.4 Å². The van der Waals surface area contributed by atoms with Gasteiger partial charge < -0.3 is 24.8 Å². The van der Waals surface area contributed by atoms with Gasteiger partial charge in [0.15, 0.2) is 12.0 Å². The number of nitrogens with zero attached hydrogens (tertiary/aromatic N) is 6. The molecule has 3 fully saturated rings. The van der Waals surface area contributed by atoms with Crippen LogP contribution in [0.3, 0.4) is 0 Å². The Hall–Kier alpha value is -4.18. The Labute approximate surface area is 249 Å². The first kappa shape index (κ1) is 28.9. The molecule has 0 spiro atoms. The van der Waals surface area contributed by atoms with Crippen molar-refractivity contribution in [2.24, 2.45) is 0 Å². The summed E-state index contributed by atoms with van der Waals surface area (Å²) in [6.45, 7) is 4.18. The number of hydrogen-bond donors (Lipinski definition) is 2. The Bertz CT molecular complexity index is 1490. The molecule has 1 amide bonds. The van der Waals surface area contributed by atoms with E-state index in [2.05, 4.69) is 43.4 Å². The van der Waals surface area contributed by atoms with Crippen LogP contribution in [0.2, 0.25) is 0 Å². The van der Waals surface area contributed by atoms with Crippen molar-refractivity contribution in [2.75, 3.05) is 38.2 Å². The number of hydrogen-bond acceptors (Lipinski definition) is 10. The van der Waals surface area contributed by atoms with Crippen molar-refractivity contribution in [3.8, 4) is 23.2 Å². The lowest BCUT2D eigenvalue weighted by molar-refractivity contribution is -0.143. The van der Waals surface area contributed by atoms with Gasteiger partial charge in [-0.05, 0) is 62.2 Å². The summed E-state index contributed by atoms with van der Waals surface area (Å²) < 4.78 is 26.1. The lowest BCUT2D eigenvalue weighted by Crippen LogP contribution is -2.51. The zero-order chi connectivity index (χ0) is 29.9. The first-order valence-electron chi connectivity index (χ1n) is 14.6. The quantitative estimate of drug-likeness (QED) is 0.404. The maximum absolute atomic E-state index is 14.9. The summed E-state index contributed by atoms with van der Waals surface area (Å²) >= 11 is 0. The van der Waals surface area contributed by atoms with Crippen molar-refractivity contribution < 1.29 is 23.8 Å². The summed E-state index contributed by atoms with van der Waals surface area (Å²) in [6, 6.07) is 16.3. The maximum atomic E-state index is 14.9. The average molecular weight is 588 g/mol. The van der Waals surface area contributed by atoms with Crippen molar-refractivity contribution in [2.45, 2.75) is 56.6 Å². The number of aromatic nitrogens is 3. The molecule has 2 unspecified atom stereocenters. The molecule has 2 aromatic carbocycles. The molecule has 3 aliphatic heterocycles. The van der Waals surface area contributed by atoms with E-state index in [9.17, 15) is 19.6 Å². The van der Waals surface area contributed by atoms with E-state index in [0.717, 1.165) is 31.9 Å². The van der Waals surface area contributed by atoms with Crippen LogP contribution in [0.25, 0.3) is 11.4 Å². The predicted octanol–water partition coefficient (Wildman–Crippen LogP) is 3.39. The third-order valence-corrected chi connectivity index (χ3v) is 8.29. The van der Waals surface area contributed by atoms with E-state index >= 15 is 0 Å². The smallest absolute Gasteiger partial charge is 0.251 e. The van der Waals surface area contributed by atoms with Crippen LogP contribution in [-0.2, 0) is 9.53 Å². The number of rotatable bonds is 8. The molecule has 4 heterocycles. The fourth-order valence-corrected chi connectivity index (χ4v) is 5.91. The van der Waals surface area contributed by atoms with Crippen molar-refractivity contribution in [3.63, 3.8) is 0 Å². The number of piperidine rings is 1. The average Bonchev–Trinajstić information content (AvgIpc) is 3.46. The molecule has 224 valence electrons. The molecule has 43 heavy (non-hydrogen) atoms. The van der Waals surface area contributed by atoms with Crippen molar-refractivity contribution in [3.05, 3.63) is 59.9 Å². The number of carbonyl (C=O) groups is 1. The number of benzene rings is 2. The second-order valence-electron chi connectivity index (χ2n) is 11.2. The van der Waals surface area contributed by atoms with Crippen LogP contribution in [0, 0.1) is 11.3 Å². The normalized spacial score (nSPS) is 23.3. The molecule has 0 bridgehead atoms. The second-order valence-corrected chi connectivity index (χ2v) is 11.2. The number of nitrogens with one attached hydrogen (secondary N) is 1. The zero-order valence-electron chi connectivity index (χ0n) is 23.9. The van der Waals surface area contributed by atoms with Crippen molar-refractivity contribution in [1.29, 1.82) is 5.26 Å². The Morgan fingerprint density at radius 3 is 2.70 bits per heavy atom. The molecular formula is C31H34FN7O4. The molecule has 0 saturated carbocycles. The van der Waals surface area contributed by atoms with Gasteiger partial charge in [0.1, 0.15) is 30.4 Å². The molecule has 0 radical (unpaired) electrons. The summed E-state index contributed by atoms with van der Waals surface area (Å²) in [4.78, 5) is 28.9. The van der Waals surface area contributed by atoms with E-state index in [0.29, 0.717) is 29.4 Å². The van der Waals surface area contributed by atoms with Gasteiger partial charge >= 0.3 is 0 Å². The molecule has 2 N–H and O–H groups in total. The molecule has 6 rings (SSSR count). The van der Waals surface area contributed by atoms with E-state index in [1.807, 2.05) is 12.1 Å². The third kappa shape index (κ3) is 6.29. The van der Waals surface area contributed by atoms with Gasteiger partial charge in [-0.3, -0.25) is 9.69 Å². The molecule has 1 aromatic heterocycles. The van der Waals surface area contributed by atoms with Gasteiger partial charge in [0.2, 0.25) is 5.95 Å². The Kier molecular flexibility index (Phi) is 8.47. The summed E-state index contributed by atoms with van der Waals surface area (Å²) in [5.41, 5.74) is 2.93. The van der Waals surface area contributed by atoms with Gasteiger partial charge in [0.25, 0.3) is 5.91 Å². The van der Waals surface area contributed by atoms with E-state index < -0.39 is 24.3 Å². The fraction of sp³-hybridized carbons (Fsp3) is 0.452. The number of halogens is 1. The fourth-order valence-electron chi connectivity index (χ4n) is 5.91. The summed E-state index contributed by atoms with van der Waals surface area (Å²) in [7, 11) is 0. The number of likely N-dealkylation sites (tertiary alicyclic amines) is 2. The first-order valence-corrected chi connectivity index (χ1v) is 14.6. The number of aliphatic hydroxyl groups is 1. The highest BCUT2D eigenvalue weighted by Gasteiger charge is 2.36. The highest BCUT2D eigenvalue weighted by atomic mass is 19.1. The van der Waals surface area contributed by atoms with Gasteiger partial charge in [-0.1, -0.05) is 12.1 Å². The molecule has 3 aromatic rings. The minimum Gasteiger partial charge on any atom is -0.486 e. The zero-order valence-corrected chi connectivity index (χ0v) is 23.9. The largest absolute Gasteiger partial charge is 0.486 e. The lowest BCUT2D eigenvalue weighted by atomic mass is 10.0. The highest BCUT2D eigenvalue weighted by Crippen LogP contribution is 2.36. The minimum absolute atomic E-state index is 0.174. The van der Waals surface area contributed by atoms with Crippen molar-refractivity contribution in [1.82, 2.24) is 24.8 Å². The number of ether oxygens (including phenoxy) is 2. The Balaban J connectivity index is 1.11. The van der Waals surface area contributed by atoms with Crippen LogP contribution >= 0.6 is 0 Å². The molecule has 11 nitrogen and oxygen atoms in total. The van der Waals surface area contributed by atoms with Gasteiger partial charge in [0, 0.05) is 30.3 Å². The molecule has 4 atom stereocenters. The van der Waals surface area contributed by atoms with Crippen LogP contribution in [0.4, 0.5) is 16.0 Å². The first-order chi connectivity index (χ1) is 20.9. The van der Waals surface area contributed by atoms with Gasteiger partial charge in [-0.2, -0.15) is 10.2 Å². The summed E-state index contributed by atoms with van der Waals surface area (Å²) in [5.74, 6) is 0.466. The van der Waals surface area contributed by atoms with E-state index in [1.54, 1.807) is 18.2 Å². The van der Waals surface area contributed by atoms with Crippen LogP contribution in [0.5, 0.6) is 5.75 Å². The SMILES string of the molecule is CC(O)C(=O)N1CC[C@H](Oc2ccc(-c3ncnc(Nc4ccc(C5CCCN5C5COC5)cc4)n3)cc2C#N)[C@H](F)C1. The molecule has 12 heteroatoms. The molecule has 0 aliphatic carbocycles. The third-order valence-electron chi connectivity index (χ3n) is 8.29. The second kappa shape index (κ2) is 12.6.